The van der Waals surface area contributed by atoms with Crippen LogP contribution in [0.1, 0.15) is 11.6 Å². The topological polar surface area (TPSA) is 65.6 Å². The first kappa shape index (κ1) is 14.0. The van der Waals surface area contributed by atoms with Crippen molar-refractivity contribution in [1.82, 2.24) is 9.97 Å². The first-order valence-electron chi connectivity index (χ1n) is 5.79. The van der Waals surface area contributed by atoms with Crippen LogP contribution in [0.5, 0.6) is 0 Å². The van der Waals surface area contributed by atoms with Crippen molar-refractivity contribution in [3.05, 3.63) is 50.8 Å². The average Bonchev–Trinajstić information content (AvgIpc) is 2.99. The molecule has 0 spiro atoms. The number of hydrogen-bond donors (Lipinski definition) is 1. The molecule has 0 bridgehead atoms. The smallest absolute Gasteiger partial charge is 0.184 e. The Labute approximate surface area is 135 Å². The number of fused-ring (bicyclic) bond motifs is 1. The summed E-state index contributed by atoms with van der Waals surface area (Å²) in [4.78, 5) is 7.19. The highest BCUT2D eigenvalue weighted by molar-refractivity contribution is 9.13. The molecule has 0 saturated carbocycles. The Morgan fingerprint density at radius 2 is 2.19 bits per heavy atom. The number of nitrogens with one attached hydrogen (secondary N) is 1. The lowest BCUT2D eigenvalue weighted by atomic mass is 10.2. The molecular formula is C14H6Br2FN3O. The molecule has 0 aliphatic carbocycles. The van der Waals surface area contributed by atoms with Crippen LogP contribution < -0.4 is 0 Å². The van der Waals surface area contributed by atoms with E-state index in [1.165, 1.54) is 12.1 Å². The third-order valence-corrected chi connectivity index (χ3v) is 4.48. The normalized spacial score (nSPS) is 11.8. The zero-order valence-corrected chi connectivity index (χ0v) is 13.5. The summed E-state index contributed by atoms with van der Waals surface area (Å²) in [5.74, 6) is 0.498. The molecule has 3 rings (SSSR count). The Morgan fingerprint density at radius 3 is 2.86 bits per heavy atom. The Bertz CT molecular complexity index is 885. The summed E-state index contributed by atoms with van der Waals surface area (Å²) in [5, 5.41) is 9.28. The summed E-state index contributed by atoms with van der Waals surface area (Å²) in [6.45, 7) is 0. The van der Waals surface area contributed by atoms with Gasteiger partial charge in [0.2, 0.25) is 0 Å². The summed E-state index contributed by atoms with van der Waals surface area (Å²) in [5.41, 5.74) is 1.42. The van der Waals surface area contributed by atoms with Gasteiger partial charge in [0.15, 0.2) is 4.67 Å². The molecule has 0 aliphatic rings. The lowest BCUT2D eigenvalue weighted by molar-refractivity contribution is 0.530. The second-order valence-corrected chi connectivity index (χ2v) is 5.76. The molecule has 7 heteroatoms. The standard InChI is InChI=1S/C14H6Br2FN3O/c15-10-5-9(21-13(10)16)3-7(6-18)14-19-11-2-1-8(17)4-12(11)20-14/h1-5H,(H,19,20)/b7-3-. The van der Waals surface area contributed by atoms with Crippen LogP contribution in [-0.4, -0.2) is 9.97 Å². The predicted molar refractivity (Wildman–Crippen MR) is 83.6 cm³/mol. The van der Waals surface area contributed by atoms with Crippen molar-refractivity contribution in [2.75, 3.05) is 0 Å². The van der Waals surface area contributed by atoms with Crippen molar-refractivity contribution in [1.29, 1.82) is 5.26 Å². The number of hydrogen-bond acceptors (Lipinski definition) is 3. The number of rotatable bonds is 2. The highest BCUT2D eigenvalue weighted by atomic mass is 79.9. The molecule has 4 nitrogen and oxygen atoms in total. The lowest BCUT2D eigenvalue weighted by Gasteiger charge is -1.91. The van der Waals surface area contributed by atoms with E-state index in [-0.39, 0.29) is 5.82 Å². The average molecular weight is 411 g/mol. The third kappa shape index (κ3) is 2.77. The molecule has 1 N–H and O–H groups in total. The van der Waals surface area contributed by atoms with Gasteiger partial charge in [-0.25, -0.2) is 9.37 Å². The molecule has 1 aromatic carbocycles. The van der Waals surface area contributed by atoms with Gasteiger partial charge in [0, 0.05) is 6.08 Å². The van der Waals surface area contributed by atoms with Crippen molar-refractivity contribution in [3.63, 3.8) is 0 Å². The van der Waals surface area contributed by atoms with Gasteiger partial charge in [-0.15, -0.1) is 0 Å². The quantitative estimate of drug-likeness (QED) is 0.612. The van der Waals surface area contributed by atoms with Crippen LogP contribution in [0.25, 0.3) is 22.7 Å². The van der Waals surface area contributed by atoms with Gasteiger partial charge in [0.25, 0.3) is 0 Å². The fourth-order valence-corrected chi connectivity index (χ4v) is 2.45. The van der Waals surface area contributed by atoms with Gasteiger partial charge in [-0.05, 0) is 56.1 Å². The summed E-state index contributed by atoms with van der Waals surface area (Å²) >= 11 is 6.53. The van der Waals surface area contributed by atoms with Gasteiger partial charge >= 0.3 is 0 Å². The van der Waals surface area contributed by atoms with Crippen LogP contribution in [0.15, 0.2) is 37.8 Å². The molecule has 0 amide bonds. The van der Waals surface area contributed by atoms with Crippen LogP contribution in [0.4, 0.5) is 4.39 Å². The van der Waals surface area contributed by atoms with Crippen molar-refractivity contribution in [2.24, 2.45) is 0 Å². The zero-order valence-electron chi connectivity index (χ0n) is 10.3. The molecule has 0 radical (unpaired) electrons. The number of benzene rings is 1. The van der Waals surface area contributed by atoms with Gasteiger partial charge in [-0.2, -0.15) is 5.26 Å². The molecule has 0 aliphatic heterocycles. The lowest BCUT2D eigenvalue weighted by Crippen LogP contribution is -1.84. The first-order valence-corrected chi connectivity index (χ1v) is 7.37. The molecule has 2 heterocycles. The Kier molecular flexibility index (Phi) is 3.66. The van der Waals surface area contributed by atoms with E-state index in [1.807, 2.05) is 0 Å². The van der Waals surface area contributed by atoms with Gasteiger partial charge in [0.05, 0.1) is 21.1 Å². The number of H-pyrrole nitrogens is 1. The number of aromatic amines is 1. The van der Waals surface area contributed by atoms with Gasteiger partial charge < -0.3 is 9.40 Å². The van der Waals surface area contributed by atoms with E-state index in [0.717, 1.165) is 4.47 Å². The van der Waals surface area contributed by atoms with E-state index in [2.05, 4.69) is 47.9 Å². The van der Waals surface area contributed by atoms with Crippen molar-refractivity contribution < 1.29 is 8.81 Å². The molecular weight excluding hydrogens is 405 g/mol. The van der Waals surface area contributed by atoms with Crippen LogP contribution in [0.2, 0.25) is 0 Å². The van der Waals surface area contributed by atoms with E-state index in [9.17, 15) is 9.65 Å². The molecule has 0 atom stereocenters. The first-order chi connectivity index (χ1) is 10.1. The number of aromatic nitrogens is 2. The summed E-state index contributed by atoms with van der Waals surface area (Å²) in [7, 11) is 0. The summed E-state index contributed by atoms with van der Waals surface area (Å²) in [6, 6.07) is 7.99. The van der Waals surface area contributed by atoms with Crippen LogP contribution >= 0.6 is 31.9 Å². The summed E-state index contributed by atoms with van der Waals surface area (Å²) in [6.07, 6.45) is 1.56. The van der Waals surface area contributed by atoms with E-state index in [1.54, 1.807) is 18.2 Å². The second-order valence-electron chi connectivity index (χ2n) is 4.19. The molecule has 0 unspecified atom stereocenters. The largest absolute Gasteiger partial charge is 0.449 e. The van der Waals surface area contributed by atoms with Gasteiger partial charge in [-0.3, -0.25) is 0 Å². The van der Waals surface area contributed by atoms with Crippen LogP contribution in [0.3, 0.4) is 0 Å². The highest BCUT2D eigenvalue weighted by Crippen LogP contribution is 2.29. The maximum Gasteiger partial charge on any atom is 0.184 e. The number of nitrogens with zero attached hydrogens (tertiary/aromatic N) is 2. The fraction of sp³-hybridized carbons (Fsp3) is 0. The number of allylic oxidation sites excluding steroid dienone is 1. The Balaban J connectivity index is 2.07. The summed E-state index contributed by atoms with van der Waals surface area (Å²) < 4.78 is 19.9. The maximum atomic E-state index is 13.2. The van der Waals surface area contributed by atoms with E-state index < -0.39 is 0 Å². The molecule has 21 heavy (non-hydrogen) atoms. The van der Waals surface area contributed by atoms with E-state index >= 15 is 0 Å². The molecule has 0 saturated heterocycles. The Morgan fingerprint density at radius 1 is 1.38 bits per heavy atom. The van der Waals surface area contributed by atoms with Gasteiger partial charge in [0.1, 0.15) is 23.5 Å². The zero-order chi connectivity index (χ0) is 15.0. The third-order valence-electron chi connectivity index (χ3n) is 2.77. The maximum absolute atomic E-state index is 13.2. The molecule has 3 aromatic rings. The SMILES string of the molecule is N#C/C(=C/c1cc(Br)c(Br)o1)c1nc2ccc(F)cc2[nH]1. The fourth-order valence-electron chi connectivity index (χ4n) is 1.84. The van der Waals surface area contributed by atoms with Crippen LogP contribution in [0, 0.1) is 17.1 Å². The van der Waals surface area contributed by atoms with Crippen LogP contribution in [-0.2, 0) is 0 Å². The van der Waals surface area contributed by atoms with Crippen molar-refractivity contribution in [3.8, 4) is 6.07 Å². The van der Waals surface area contributed by atoms with Crippen molar-refractivity contribution >= 4 is 54.5 Å². The minimum Gasteiger partial charge on any atom is -0.449 e. The highest BCUT2D eigenvalue weighted by Gasteiger charge is 2.11. The predicted octanol–water partition coefficient (Wildman–Crippen LogP) is 4.88. The number of halogens is 3. The monoisotopic (exact) mass is 409 g/mol. The number of nitriles is 1. The van der Waals surface area contributed by atoms with Crippen molar-refractivity contribution in [2.45, 2.75) is 0 Å². The molecule has 2 aromatic heterocycles. The van der Waals surface area contributed by atoms with E-state index in [4.69, 9.17) is 4.42 Å². The molecule has 104 valence electrons. The van der Waals surface area contributed by atoms with E-state index in [0.29, 0.717) is 32.9 Å². The number of furan rings is 1. The minimum absolute atomic E-state index is 0.292. The minimum atomic E-state index is -0.362. The molecule has 0 fully saturated rings. The van der Waals surface area contributed by atoms with Gasteiger partial charge in [-0.1, -0.05) is 0 Å². The second kappa shape index (κ2) is 5.47. The number of imidazole rings is 1. The Hall–Kier alpha value is -1.91.